The molecule has 1 aromatic heterocycles. The Morgan fingerprint density at radius 3 is 2.83 bits per heavy atom. The van der Waals surface area contributed by atoms with E-state index in [1.54, 1.807) is 0 Å². The van der Waals surface area contributed by atoms with E-state index in [4.69, 9.17) is 0 Å². The summed E-state index contributed by atoms with van der Waals surface area (Å²) in [5.74, 6) is 1.53. The van der Waals surface area contributed by atoms with E-state index in [2.05, 4.69) is 31.7 Å². The Kier molecular flexibility index (Phi) is 5.43. The number of nitrogens with zero attached hydrogens (tertiary/aromatic N) is 4. The van der Waals surface area contributed by atoms with Gasteiger partial charge in [-0.1, -0.05) is 26.2 Å². The summed E-state index contributed by atoms with van der Waals surface area (Å²) in [5.41, 5.74) is -0.568. The zero-order valence-electron chi connectivity index (χ0n) is 15.0. The van der Waals surface area contributed by atoms with Gasteiger partial charge in [0, 0.05) is 39.1 Å². The summed E-state index contributed by atoms with van der Waals surface area (Å²) in [4.78, 5) is 11.0. The molecule has 2 atom stereocenters. The molecule has 2 aliphatic rings. The highest BCUT2D eigenvalue weighted by Crippen LogP contribution is 2.29. The van der Waals surface area contributed by atoms with Crippen LogP contribution in [0.1, 0.15) is 51.5 Å². The Labute approximate surface area is 145 Å². The molecule has 0 radical (unpaired) electrons. The fourth-order valence-corrected chi connectivity index (χ4v) is 4.06. The van der Waals surface area contributed by atoms with E-state index in [-0.39, 0.29) is 0 Å². The van der Waals surface area contributed by atoms with Crippen molar-refractivity contribution >= 4 is 5.96 Å². The molecule has 2 unspecified atom stereocenters. The number of imidazole rings is 1. The summed E-state index contributed by atoms with van der Waals surface area (Å²) < 4.78 is 2.21. The number of piperidine rings is 1. The van der Waals surface area contributed by atoms with Crippen LogP contribution in [0.4, 0.5) is 0 Å². The molecule has 0 amide bonds. The van der Waals surface area contributed by atoms with E-state index in [9.17, 15) is 5.11 Å². The SMILES string of the molecule is CN=C(NCC1(O)CCCCC1)N1CCC(C)C(n2ccnc2)C1. The first-order valence-electron chi connectivity index (χ1n) is 9.27. The molecule has 2 fully saturated rings. The second kappa shape index (κ2) is 7.55. The van der Waals surface area contributed by atoms with Gasteiger partial charge in [0.05, 0.1) is 18.0 Å². The van der Waals surface area contributed by atoms with Gasteiger partial charge in [0.2, 0.25) is 0 Å². The first kappa shape index (κ1) is 17.3. The van der Waals surface area contributed by atoms with E-state index in [0.717, 1.165) is 51.2 Å². The molecule has 1 aliphatic heterocycles. The van der Waals surface area contributed by atoms with Crippen LogP contribution in [0, 0.1) is 5.92 Å². The Balaban J connectivity index is 1.61. The first-order chi connectivity index (χ1) is 11.6. The van der Waals surface area contributed by atoms with Crippen molar-refractivity contribution in [3.63, 3.8) is 0 Å². The number of aliphatic hydroxyl groups is 1. The highest BCUT2D eigenvalue weighted by atomic mass is 16.3. The third kappa shape index (κ3) is 3.91. The van der Waals surface area contributed by atoms with Gasteiger partial charge in [-0.3, -0.25) is 4.99 Å². The van der Waals surface area contributed by atoms with Crippen molar-refractivity contribution in [2.24, 2.45) is 10.9 Å². The zero-order valence-corrected chi connectivity index (χ0v) is 15.0. The largest absolute Gasteiger partial charge is 0.388 e. The second-order valence-electron chi connectivity index (χ2n) is 7.47. The minimum Gasteiger partial charge on any atom is -0.388 e. The Hall–Kier alpha value is -1.56. The summed E-state index contributed by atoms with van der Waals surface area (Å²) in [6.07, 6.45) is 12.2. The lowest BCUT2D eigenvalue weighted by molar-refractivity contribution is 0.00787. The topological polar surface area (TPSA) is 65.7 Å². The molecule has 3 rings (SSSR count). The van der Waals surface area contributed by atoms with Crippen molar-refractivity contribution in [1.82, 2.24) is 19.8 Å². The number of hydrogen-bond acceptors (Lipinski definition) is 3. The Bertz CT molecular complexity index is 536. The van der Waals surface area contributed by atoms with Crippen LogP contribution < -0.4 is 5.32 Å². The van der Waals surface area contributed by atoms with Gasteiger partial charge in [0.15, 0.2) is 5.96 Å². The molecule has 1 aromatic rings. The summed E-state index contributed by atoms with van der Waals surface area (Å²) in [5, 5.41) is 14.1. The number of hydrogen-bond donors (Lipinski definition) is 2. The monoisotopic (exact) mass is 333 g/mol. The van der Waals surface area contributed by atoms with E-state index < -0.39 is 5.60 Å². The Morgan fingerprint density at radius 2 is 2.17 bits per heavy atom. The average Bonchev–Trinajstić information content (AvgIpc) is 3.11. The summed E-state index contributed by atoms with van der Waals surface area (Å²) in [6.45, 7) is 4.84. The lowest BCUT2D eigenvalue weighted by atomic mass is 9.85. The molecule has 24 heavy (non-hydrogen) atoms. The minimum absolute atomic E-state index is 0.414. The van der Waals surface area contributed by atoms with Crippen molar-refractivity contribution < 1.29 is 5.11 Å². The van der Waals surface area contributed by atoms with Crippen LogP contribution in [0.2, 0.25) is 0 Å². The van der Waals surface area contributed by atoms with E-state index in [1.807, 2.05) is 25.8 Å². The smallest absolute Gasteiger partial charge is 0.193 e. The van der Waals surface area contributed by atoms with Crippen LogP contribution in [-0.2, 0) is 0 Å². The van der Waals surface area contributed by atoms with Gasteiger partial charge >= 0.3 is 0 Å². The first-order valence-corrected chi connectivity index (χ1v) is 9.27. The lowest BCUT2D eigenvalue weighted by Gasteiger charge is -2.40. The summed E-state index contributed by atoms with van der Waals surface area (Å²) in [6, 6.07) is 0.414. The highest BCUT2D eigenvalue weighted by molar-refractivity contribution is 5.80. The molecule has 1 aliphatic carbocycles. The Morgan fingerprint density at radius 1 is 1.38 bits per heavy atom. The third-order valence-electron chi connectivity index (χ3n) is 5.70. The summed E-state index contributed by atoms with van der Waals surface area (Å²) in [7, 11) is 1.83. The number of rotatable bonds is 3. The van der Waals surface area contributed by atoms with Crippen molar-refractivity contribution in [2.75, 3.05) is 26.7 Å². The molecule has 0 aromatic carbocycles. The molecule has 0 bridgehead atoms. The van der Waals surface area contributed by atoms with E-state index in [0.29, 0.717) is 18.5 Å². The van der Waals surface area contributed by atoms with E-state index >= 15 is 0 Å². The quantitative estimate of drug-likeness (QED) is 0.656. The van der Waals surface area contributed by atoms with Gasteiger partial charge in [0.25, 0.3) is 0 Å². The van der Waals surface area contributed by atoms with Crippen molar-refractivity contribution in [3.05, 3.63) is 18.7 Å². The van der Waals surface area contributed by atoms with Crippen molar-refractivity contribution in [1.29, 1.82) is 0 Å². The normalized spacial score (nSPS) is 28.0. The molecular weight excluding hydrogens is 302 g/mol. The van der Waals surface area contributed by atoms with Gasteiger partial charge in [-0.25, -0.2) is 4.98 Å². The van der Waals surface area contributed by atoms with Crippen LogP contribution in [0.3, 0.4) is 0 Å². The minimum atomic E-state index is -0.568. The molecule has 6 nitrogen and oxygen atoms in total. The molecule has 1 saturated heterocycles. The predicted molar refractivity (Wildman–Crippen MR) is 96.0 cm³/mol. The maximum Gasteiger partial charge on any atom is 0.193 e. The van der Waals surface area contributed by atoms with Crippen LogP contribution in [0.25, 0.3) is 0 Å². The van der Waals surface area contributed by atoms with Gasteiger partial charge in [-0.05, 0) is 25.2 Å². The average molecular weight is 333 g/mol. The van der Waals surface area contributed by atoms with Crippen molar-refractivity contribution in [3.8, 4) is 0 Å². The van der Waals surface area contributed by atoms with E-state index in [1.165, 1.54) is 6.42 Å². The molecule has 2 N–H and O–H groups in total. The van der Waals surface area contributed by atoms with Gasteiger partial charge in [-0.15, -0.1) is 0 Å². The van der Waals surface area contributed by atoms with Gasteiger partial charge in [0.1, 0.15) is 0 Å². The number of likely N-dealkylation sites (tertiary alicyclic amines) is 1. The predicted octanol–water partition coefficient (Wildman–Crippen LogP) is 2.04. The molecule has 2 heterocycles. The fourth-order valence-electron chi connectivity index (χ4n) is 4.06. The maximum atomic E-state index is 10.7. The van der Waals surface area contributed by atoms with Gasteiger partial charge in [-0.2, -0.15) is 0 Å². The second-order valence-corrected chi connectivity index (χ2v) is 7.47. The van der Waals surface area contributed by atoms with Gasteiger partial charge < -0.3 is 19.9 Å². The van der Waals surface area contributed by atoms with Crippen LogP contribution >= 0.6 is 0 Å². The maximum absolute atomic E-state index is 10.7. The number of aliphatic imine (C=N–C) groups is 1. The number of aromatic nitrogens is 2. The standard InChI is InChI=1S/C18H31N5O/c1-15-6-10-22(12-16(15)23-11-9-20-14-23)17(19-2)21-13-18(24)7-4-3-5-8-18/h9,11,14-16,24H,3-8,10,12-13H2,1-2H3,(H,19,21). The van der Waals surface area contributed by atoms with Crippen molar-refractivity contribution in [2.45, 2.75) is 57.1 Å². The molecule has 0 spiro atoms. The number of nitrogens with one attached hydrogen (secondary N) is 1. The van der Waals surface area contributed by atoms with Crippen LogP contribution in [0.15, 0.2) is 23.7 Å². The number of guanidine groups is 1. The fraction of sp³-hybridized carbons (Fsp3) is 0.778. The molecule has 1 saturated carbocycles. The van der Waals surface area contributed by atoms with Crippen LogP contribution in [0.5, 0.6) is 0 Å². The third-order valence-corrected chi connectivity index (χ3v) is 5.70. The molecule has 134 valence electrons. The molecule has 6 heteroatoms. The highest BCUT2D eigenvalue weighted by Gasteiger charge is 2.32. The lowest BCUT2D eigenvalue weighted by Crippen LogP contribution is -2.52. The van der Waals surface area contributed by atoms with Crippen LogP contribution in [-0.4, -0.2) is 57.8 Å². The zero-order chi connectivity index (χ0) is 17.0. The summed E-state index contributed by atoms with van der Waals surface area (Å²) >= 11 is 0. The molecular formula is C18H31N5O.